The Labute approximate surface area is 160 Å². The molecule has 27 heavy (non-hydrogen) atoms. The van der Waals surface area contributed by atoms with Crippen LogP contribution in [0, 0.1) is 0 Å². The van der Waals surface area contributed by atoms with E-state index in [1.54, 1.807) is 12.1 Å². The fourth-order valence-electron chi connectivity index (χ4n) is 3.39. The maximum atomic E-state index is 12.4. The van der Waals surface area contributed by atoms with Crippen LogP contribution < -0.4 is 5.32 Å². The van der Waals surface area contributed by atoms with Crippen LogP contribution in [0.4, 0.5) is 0 Å². The molecule has 0 radical (unpaired) electrons. The number of aryl methyl sites for hydroxylation is 1. The molecule has 0 spiro atoms. The molecule has 0 atom stereocenters. The van der Waals surface area contributed by atoms with E-state index in [-0.39, 0.29) is 23.1 Å². The van der Waals surface area contributed by atoms with Gasteiger partial charge in [0.15, 0.2) is 0 Å². The molecular weight excluding hydrogens is 340 g/mol. The zero-order valence-electron chi connectivity index (χ0n) is 15.7. The second-order valence-corrected chi connectivity index (χ2v) is 6.90. The molecule has 0 aliphatic carbocycles. The number of aromatic hydroxyl groups is 1. The third kappa shape index (κ3) is 4.67. The second kappa shape index (κ2) is 8.71. The Bertz CT molecular complexity index is 832. The van der Waals surface area contributed by atoms with Crippen molar-refractivity contribution in [1.82, 2.24) is 10.2 Å². The molecule has 2 N–H and O–H groups in total. The molecule has 0 fully saturated rings. The first-order valence-electron chi connectivity index (χ1n) is 9.53. The van der Waals surface area contributed by atoms with Crippen LogP contribution in [0.15, 0.2) is 42.5 Å². The monoisotopic (exact) mass is 366 g/mol. The van der Waals surface area contributed by atoms with Gasteiger partial charge < -0.3 is 15.3 Å². The number of nitrogens with one attached hydrogen (secondary N) is 1. The predicted octanol–water partition coefficient (Wildman–Crippen LogP) is 3.05. The van der Waals surface area contributed by atoms with Crippen molar-refractivity contribution in [2.24, 2.45) is 0 Å². The second-order valence-electron chi connectivity index (χ2n) is 6.90. The Morgan fingerprint density at radius 1 is 1.15 bits per heavy atom. The first kappa shape index (κ1) is 19.0. The molecule has 2 aromatic carbocycles. The highest BCUT2D eigenvalue weighted by atomic mass is 16.3. The Kier molecular flexibility index (Phi) is 6.12. The summed E-state index contributed by atoms with van der Waals surface area (Å²) in [7, 11) is 0. The minimum Gasteiger partial charge on any atom is -0.507 e. The topological polar surface area (TPSA) is 69.6 Å². The van der Waals surface area contributed by atoms with E-state index in [1.807, 2.05) is 30.0 Å². The van der Waals surface area contributed by atoms with Crippen molar-refractivity contribution < 1.29 is 14.7 Å². The van der Waals surface area contributed by atoms with Crippen molar-refractivity contribution in [2.75, 3.05) is 13.1 Å². The first-order valence-corrected chi connectivity index (χ1v) is 9.53. The Hall–Kier alpha value is -2.82. The molecule has 0 bridgehead atoms. The molecular formula is C22H26N2O3. The van der Waals surface area contributed by atoms with Gasteiger partial charge in [0.25, 0.3) is 5.91 Å². The standard InChI is InChI=1S/C22H26N2O3/c1-2-16-9-10-20(25)19(14-16)22(27)23-12-5-8-21(26)24-13-11-17-6-3-4-7-18(17)15-24/h3-4,6-7,9-10,14,25H,2,5,8,11-13,15H2,1H3,(H,23,27). The molecule has 5 heteroatoms. The van der Waals surface area contributed by atoms with Gasteiger partial charge in [-0.15, -0.1) is 0 Å². The molecule has 2 aromatic rings. The van der Waals surface area contributed by atoms with Crippen LogP contribution in [0.25, 0.3) is 0 Å². The Balaban J connectivity index is 1.45. The van der Waals surface area contributed by atoms with Crippen molar-refractivity contribution in [3.63, 3.8) is 0 Å². The quantitative estimate of drug-likeness (QED) is 0.772. The van der Waals surface area contributed by atoms with Gasteiger partial charge in [-0.3, -0.25) is 9.59 Å². The van der Waals surface area contributed by atoms with Crippen LogP contribution in [0.5, 0.6) is 5.75 Å². The van der Waals surface area contributed by atoms with E-state index in [2.05, 4.69) is 17.4 Å². The molecule has 5 nitrogen and oxygen atoms in total. The Morgan fingerprint density at radius 2 is 1.93 bits per heavy atom. The summed E-state index contributed by atoms with van der Waals surface area (Å²) in [6.45, 7) is 3.82. The van der Waals surface area contributed by atoms with E-state index in [9.17, 15) is 14.7 Å². The molecule has 1 aliphatic rings. The van der Waals surface area contributed by atoms with Gasteiger partial charge in [0.1, 0.15) is 5.75 Å². The molecule has 1 aliphatic heterocycles. The summed E-state index contributed by atoms with van der Waals surface area (Å²) in [5.74, 6) is -0.204. The average Bonchev–Trinajstić information content (AvgIpc) is 2.70. The van der Waals surface area contributed by atoms with E-state index >= 15 is 0 Å². The van der Waals surface area contributed by atoms with Crippen LogP contribution >= 0.6 is 0 Å². The van der Waals surface area contributed by atoms with Crippen LogP contribution in [0.2, 0.25) is 0 Å². The van der Waals surface area contributed by atoms with E-state index in [1.165, 1.54) is 11.1 Å². The highest BCUT2D eigenvalue weighted by Gasteiger charge is 2.20. The van der Waals surface area contributed by atoms with E-state index in [4.69, 9.17) is 0 Å². The number of benzene rings is 2. The summed E-state index contributed by atoms with van der Waals surface area (Å²) >= 11 is 0. The lowest BCUT2D eigenvalue weighted by molar-refractivity contribution is -0.132. The van der Waals surface area contributed by atoms with Gasteiger partial charge in [0, 0.05) is 26.1 Å². The number of carbonyl (C=O) groups is 2. The molecule has 0 aromatic heterocycles. The summed E-state index contributed by atoms with van der Waals surface area (Å²) < 4.78 is 0. The number of phenolic OH excluding ortho intramolecular Hbond substituents is 1. The molecule has 2 amide bonds. The highest BCUT2D eigenvalue weighted by molar-refractivity contribution is 5.97. The molecule has 3 rings (SSSR count). The lowest BCUT2D eigenvalue weighted by Crippen LogP contribution is -2.36. The summed E-state index contributed by atoms with van der Waals surface area (Å²) in [4.78, 5) is 26.6. The molecule has 142 valence electrons. The smallest absolute Gasteiger partial charge is 0.255 e. The number of hydrogen-bond donors (Lipinski definition) is 2. The molecule has 0 saturated heterocycles. The minimum absolute atomic E-state index is 0.0206. The summed E-state index contributed by atoms with van der Waals surface area (Å²) in [6.07, 6.45) is 2.68. The number of carbonyl (C=O) groups excluding carboxylic acids is 2. The number of nitrogens with zero attached hydrogens (tertiary/aromatic N) is 1. The fourth-order valence-corrected chi connectivity index (χ4v) is 3.39. The zero-order valence-corrected chi connectivity index (χ0v) is 15.7. The maximum absolute atomic E-state index is 12.4. The first-order chi connectivity index (χ1) is 13.1. The number of hydrogen-bond acceptors (Lipinski definition) is 3. The molecule has 1 heterocycles. The van der Waals surface area contributed by atoms with E-state index in [0.717, 1.165) is 24.9 Å². The van der Waals surface area contributed by atoms with E-state index < -0.39 is 0 Å². The third-order valence-electron chi connectivity index (χ3n) is 5.05. The van der Waals surface area contributed by atoms with Crippen molar-refractivity contribution in [3.8, 4) is 5.75 Å². The van der Waals surface area contributed by atoms with Gasteiger partial charge in [0.05, 0.1) is 5.56 Å². The van der Waals surface area contributed by atoms with Crippen LogP contribution in [-0.4, -0.2) is 34.9 Å². The summed E-state index contributed by atoms with van der Waals surface area (Å²) in [6, 6.07) is 13.3. The van der Waals surface area contributed by atoms with Crippen LogP contribution in [0.3, 0.4) is 0 Å². The fraction of sp³-hybridized carbons (Fsp3) is 0.364. The highest BCUT2D eigenvalue weighted by Crippen LogP contribution is 2.20. The van der Waals surface area contributed by atoms with Gasteiger partial charge in [0.2, 0.25) is 5.91 Å². The van der Waals surface area contributed by atoms with Crippen LogP contribution in [-0.2, 0) is 24.2 Å². The minimum atomic E-state index is -0.304. The van der Waals surface area contributed by atoms with Gasteiger partial charge in [-0.05, 0) is 48.1 Å². The van der Waals surface area contributed by atoms with Crippen molar-refractivity contribution in [3.05, 3.63) is 64.7 Å². The Morgan fingerprint density at radius 3 is 2.70 bits per heavy atom. The van der Waals surface area contributed by atoms with Crippen molar-refractivity contribution in [1.29, 1.82) is 0 Å². The maximum Gasteiger partial charge on any atom is 0.255 e. The van der Waals surface area contributed by atoms with Gasteiger partial charge in [-0.1, -0.05) is 37.3 Å². The number of fused-ring (bicyclic) bond motifs is 1. The van der Waals surface area contributed by atoms with Gasteiger partial charge >= 0.3 is 0 Å². The number of amides is 2. The van der Waals surface area contributed by atoms with Crippen molar-refractivity contribution in [2.45, 2.75) is 39.2 Å². The zero-order chi connectivity index (χ0) is 19.2. The average molecular weight is 366 g/mol. The summed E-state index contributed by atoms with van der Waals surface area (Å²) in [5.41, 5.74) is 3.83. The normalized spacial score (nSPS) is 13.1. The predicted molar refractivity (Wildman–Crippen MR) is 105 cm³/mol. The van der Waals surface area contributed by atoms with Crippen LogP contribution in [0.1, 0.15) is 46.8 Å². The molecule has 0 saturated carbocycles. The van der Waals surface area contributed by atoms with Gasteiger partial charge in [-0.25, -0.2) is 0 Å². The number of phenols is 1. The largest absolute Gasteiger partial charge is 0.507 e. The molecule has 0 unspecified atom stereocenters. The lowest BCUT2D eigenvalue weighted by atomic mass is 9.99. The third-order valence-corrected chi connectivity index (χ3v) is 5.05. The van der Waals surface area contributed by atoms with Gasteiger partial charge in [-0.2, -0.15) is 0 Å². The lowest BCUT2D eigenvalue weighted by Gasteiger charge is -2.29. The van der Waals surface area contributed by atoms with E-state index in [0.29, 0.717) is 25.9 Å². The summed E-state index contributed by atoms with van der Waals surface area (Å²) in [5, 5.41) is 12.7. The van der Waals surface area contributed by atoms with Crippen molar-refractivity contribution >= 4 is 11.8 Å². The number of rotatable bonds is 6. The SMILES string of the molecule is CCc1ccc(O)c(C(=O)NCCCC(=O)N2CCc3ccccc3C2)c1.